The fourth-order valence-corrected chi connectivity index (χ4v) is 4.53. The van der Waals surface area contributed by atoms with Gasteiger partial charge >= 0.3 is 0 Å². The number of aromatic nitrogens is 2. The Kier molecular flexibility index (Phi) is 5.04. The van der Waals surface area contributed by atoms with Gasteiger partial charge in [-0.25, -0.2) is 4.98 Å². The van der Waals surface area contributed by atoms with E-state index in [2.05, 4.69) is 31.1 Å². The highest BCUT2D eigenvalue weighted by Gasteiger charge is 2.23. The van der Waals surface area contributed by atoms with Gasteiger partial charge in [-0.05, 0) is 43.1 Å². The van der Waals surface area contributed by atoms with Crippen LogP contribution < -0.4 is 10.9 Å². The van der Waals surface area contributed by atoms with Gasteiger partial charge in [0.25, 0.3) is 5.56 Å². The summed E-state index contributed by atoms with van der Waals surface area (Å²) in [6.07, 6.45) is 5.54. The molecule has 24 heavy (non-hydrogen) atoms. The van der Waals surface area contributed by atoms with Crippen LogP contribution >= 0.6 is 11.3 Å². The molecule has 2 aromatic rings. The van der Waals surface area contributed by atoms with E-state index in [1.54, 1.807) is 11.3 Å². The number of amides is 1. The second-order valence-corrected chi connectivity index (χ2v) is 8.33. The summed E-state index contributed by atoms with van der Waals surface area (Å²) in [5, 5.41) is 3.61. The molecule has 1 atom stereocenters. The van der Waals surface area contributed by atoms with Crippen LogP contribution in [0, 0.1) is 11.8 Å². The Hall–Kier alpha value is -1.69. The first-order chi connectivity index (χ1) is 11.5. The van der Waals surface area contributed by atoms with Crippen molar-refractivity contribution in [2.45, 2.75) is 53.0 Å². The first kappa shape index (κ1) is 17.1. The standard InChI is InChI=1S/C18H25N3O2S/c1-11(2)6-7-19-15(22)9-21-10-20-17-16(18(21)23)13-5-4-12(3)8-14(13)24-17/h10-12H,4-9H2,1-3H3,(H,19,22)/t12-/m1/s1. The minimum Gasteiger partial charge on any atom is -0.355 e. The zero-order valence-electron chi connectivity index (χ0n) is 14.6. The van der Waals surface area contributed by atoms with Crippen LogP contribution in [0.15, 0.2) is 11.1 Å². The minimum absolute atomic E-state index is 0.0426. The molecule has 2 aromatic heterocycles. The molecule has 1 N–H and O–H groups in total. The zero-order chi connectivity index (χ0) is 17.3. The van der Waals surface area contributed by atoms with Gasteiger partial charge in [0.15, 0.2) is 0 Å². The largest absolute Gasteiger partial charge is 0.355 e. The van der Waals surface area contributed by atoms with Crippen LogP contribution in [0.25, 0.3) is 10.2 Å². The third-order valence-corrected chi connectivity index (χ3v) is 5.80. The van der Waals surface area contributed by atoms with Crippen molar-refractivity contribution >= 4 is 27.5 Å². The van der Waals surface area contributed by atoms with E-state index < -0.39 is 0 Å². The summed E-state index contributed by atoms with van der Waals surface area (Å²) in [6.45, 7) is 7.18. The van der Waals surface area contributed by atoms with Crippen molar-refractivity contribution in [2.75, 3.05) is 6.54 Å². The van der Waals surface area contributed by atoms with Crippen molar-refractivity contribution in [3.63, 3.8) is 0 Å². The predicted octanol–water partition coefficient (Wildman–Crippen LogP) is 2.75. The van der Waals surface area contributed by atoms with E-state index in [1.165, 1.54) is 21.3 Å². The molecule has 0 saturated carbocycles. The lowest BCUT2D eigenvalue weighted by Crippen LogP contribution is -2.33. The summed E-state index contributed by atoms with van der Waals surface area (Å²) >= 11 is 1.64. The molecule has 0 fully saturated rings. The molecule has 0 aliphatic heterocycles. The van der Waals surface area contributed by atoms with E-state index in [0.29, 0.717) is 18.4 Å². The van der Waals surface area contributed by atoms with Crippen molar-refractivity contribution in [1.82, 2.24) is 14.9 Å². The highest BCUT2D eigenvalue weighted by molar-refractivity contribution is 7.18. The number of aryl methyl sites for hydroxylation is 1. The molecule has 1 aliphatic carbocycles. The molecule has 0 spiro atoms. The molecule has 1 amide bonds. The molecule has 0 radical (unpaired) electrons. The summed E-state index contributed by atoms with van der Waals surface area (Å²) in [5.74, 6) is 1.09. The molecule has 3 rings (SSSR count). The first-order valence-electron chi connectivity index (χ1n) is 8.72. The summed E-state index contributed by atoms with van der Waals surface area (Å²) < 4.78 is 1.44. The van der Waals surface area contributed by atoms with Gasteiger partial charge < -0.3 is 5.32 Å². The molecule has 5 nitrogen and oxygen atoms in total. The van der Waals surface area contributed by atoms with Crippen molar-refractivity contribution in [1.29, 1.82) is 0 Å². The average molecular weight is 347 g/mol. The van der Waals surface area contributed by atoms with E-state index in [4.69, 9.17) is 0 Å². The zero-order valence-corrected chi connectivity index (χ0v) is 15.4. The van der Waals surface area contributed by atoms with Gasteiger partial charge in [0.2, 0.25) is 5.91 Å². The normalized spacial score (nSPS) is 17.2. The molecule has 0 unspecified atom stereocenters. The van der Waals surface area contributed by atoms with Crippen LogP contribution in [-0.4, -0.2) is 22.0 Å². The summed E-state index contributed by atoms with van der Waals surface area (Å²) in [5.41, 5.74) is 1.09. The molecular weight excluding hydrogens is 322 g/mol. The molecule has 130 valence electrons. The Morgan fingerprint density at radius 1 is 1.50 bits per heavy atom. The van der Waals surface area contributed by atoms with Gasteiger partial charge in [-0.3, -0.25) is 14.2 Å². The number of rotatable bonds is 5. The van der Waals surface area contributed by atoms with E-state index in [9.17, 15) is 9.59 Å². The highest BCUT2D eigenvalue weighted by atomic mass is 32.1. The number of fused-ring (bicyclic) bond motifs is 3. The Balaban J connectivity index is 1.81. The molecule has 0 aromatic carbocycles. The van der Waals surface area contributed by atoms with Gasteiger partial charge in [-0.2, -0.15) is 0 Å². The maximum Gasteiger partial charge on any atom is 0.262 e. The monoisotopic (exact) mass is 347 g/mol. The van der Waals surface area contributed by atoms with Gasteiger partial charge in [0, 0.05) is 11.4 Å². The Bertz CT molecular complexity index is 806. The van der Waals surface area contributed by atoms with Gasteiger partial charge in [0.1, 0.15) is 11.4 Å². The quantitative estimate of drug-likeness (QED) is 0.904. The lowest BCUT2D eigenvalue weighted by Gasteiger charge is -2.17. The minimum atomic E-state index is -0.128. The number of carbonyl (C=O) groups is 1. The smallest absolute Gasteiger partial charge is 0.262 e. The fraction of sp³-hybridized carbons (Fsp3) is 0.611. The number of nitrogens with one attached hydrogen (secondary N) is 1. The Morgan fingerprint density at radius 3 is 3.04 bits per heavy atom. The third kappa shape index (κ3) is 3.53. The fourth-order valence-electron chi connectivity index (χ4n) is 3.19. The van der Waals surface area contributed by atoms with Crippen molar-refractivity contribution in [3.05, 3.63) is 27.1 Å². The molecule has 0 bridgehead atoms. The molecule has 2 heterocycles. The summed E-state index contributed by atoms with van der Waals surface area (Å²) in [7, 11) is 0. The second-order valence-electron chi connectivity index (χ2n) is 7.24. The van der Waals surface area contributed by atoms with E-state index in [-0.39, 0.29) is 18.0 Å². The highest BCUT2D eigenvalue weighted by Crippen LogP contribution is 2.35. The van der Waals surface area contributed by atoms with Gasteiger partial charge in [0.05, 0.1) is 11.7 Å². The number of nitrogens with zero attached hydrogens (tertiary/aromatic N) is 2. The molecule has 6 heteroatoms. The Labute approximate surface area is 146 Å². The molecular formula is C18H25N3O2S. The Morgan fingerprint density at radius 2 is 2.29 bits per heavy atom. The summed E-state index contributed by atoms with van der Waals surface area (Å²) in [6, 6.07) is 0. The van der Waals surface area contributed by atoms with Crippen molar-refractivity contribution in [2.24, 2.45) is 11.8 Å². The van der Waals surface area contributed by atoms with E-state index >= 15 is 0 Å². The van der Waals surface area contributed by atoms with Crippen LogP contribution in [0.2, 0.25) is 0 Å². The van der Waals surface area contributed by atoms with E-state index in [0.717, 1.165) is 35.9 Å². The lowest BCUT2D eigenvalue weighted by molar-refractivity contribution is -0.121. The number of carbonyl (C=O) groups excluding carboxylic acids is 1. The molecule has 0 saturated heterocycles. The van der Waals surface area contributed by atoms with Crippen LogP contribution in [0.4, 0.5) is 0 Å². The van der Waals surface area contributed by atoms with Crippen molar-refractivity contribution in [3.8, 4) is 0 Å². The van der Waals surface area contributed by atoms with Gasteiger partial charge in [-0.1, -0.05) is 20.8 Å². The number of hydrogen-bond acceptors (Lipinski definition) is 4. The first-order valence-corrected chi connectivity index (χ1v) is 9.53. The van der Waals surface area contributed by atoms with Crippen LogP contribution in [0.1, 0.15) is 44.1 Å². The molecule has 1 aliphatic rings. The number of hydrogen-bond donors (Lipinski definition) is 1. The summed E-state index contributed by atoms with van der Waals surface area (Å²) in [4.78, 5) is 31.4. The van der Waals surface area contributed by atoms with Crippen LogP contribution in [-0.2, 0) is 24.2 Å². The SMILES string of the molecule is CC(C)CCNC(=O)Cn1cnc2sc3c(c2c1=O)CC[C@@H](C)C3. The maximum atomic E-state index is 12.8. The lowest BCUT2D eigenvalue weighted by atomic mass is 9.89. The average Bonchev–Trinajstić information content (AvgIpc) is 2.87. The van der Waals surface area contributed by atoms with E-state index in [1.807, 2.05) is 0 Å². The topological polar surface area (TPSA) is 64.0 Å². The van der Waals surface area contributed by atoms with Crippen LogP contribution in [0.3, 0.4) is 0 Å². The van der Waals surface area contributed by atoms with Gasteiger partial charge in [-0.15, -0.1) is 11.3 Å². The van der Waals surface area contributed by atoms with Crippen LogP contribution in [0.5, 0.6) is 0 Å². The maximum absolute atomic E-state index is 12.8. The third-order valence-electron chi connectivity index (χ3n) is 4.64. The van der Waals surface area contributed by atoms with Crippen molar-refractivity contribution < 1.29 is 4.79 Å². The number of thiophene rings is 1. The second kappa shape index (κ2) is 7.05. The predicted molar refractivity (Wildman–Crippen MR) is 97.5 cm³/mol.